The molecule has 0 saturated heterocycles. The number of alkyl halides is 2. The van der Waals surface area contributed by atoms with Crippen LogP contribution in [0.4, 0.5) is 8.78 Å². The normalized spacial score (nSPS) is 11.4. The fourth-order valence-electron chi connectivity index (χ4n) is 4.01. The number of thiophene rings is 1. The number of hydrogen-bond acceptors (Lipinski definition) is 8. The maximum Gasteiger partial charge on any atom is 0.340 e. The van der Waals surface area contributed by atoms with Crippen LogP contribution in [-0.4, -0.2) is 39.2 Å². The molecule has 0 amide bonds. The monoisotopic (exact) mass is 620 g/mol. The molecule has 0 N–H and O–H groups in total. The number of fused-ring (bicyclic) bond motifs is 2. The lowest BCUT2D eigenvalue weighted by atomic mass is 10.0. The molecule has 0 atom stereocenters. The summed E-state index contributed by atoms with van der Waals surface area (Å²) in [7, 11) is 1.30. The standard InChI is InChI=1S/C25H16BrClF2N4O4S/c1-36-25(35)15-11-38-21-13(4-5-31-20(15)21)14-8-12(27)2-3-18(14)37-7-6-33-23(22(28)29)32-17-10-30-9-16(26)19(17)24(33)34/h2-5,8-11,22H,6-7H2,1H3. The Hall–Kier alpha value is -3.48. The van der Waals surface area contributed by atoms with Crippen molar-refractivity contribution in [2.75, 3.05) is 13.7 Å². The van der Waals surface area contributed by atoms with Crippen LogP contribution in [0, 0.1) is 0 Å². The Morgan fingerprint density at radius 2 is 2.05 bits per heavy atom. The summed E-state index contributed by atoms with van der Waals surface area (Å²) in [6.07, 6.45) is 1.24. The Morgan fingerprint density at radius 1 is 1.24 bits per heavy atom. The summed E-state index contributed by atoms with van der Waals surface area (Å²) in [4.78, 5) is 37.4. The summed E-state index contributed by atoms with van der Waals surface area (Å²) >= 11 is 10.8. The first-order valence-corrected chi connectivity index (χ1v) is 13.0. The largest absolute Gasteiger partial charge is 0.491 e. The van der Waals surface area contributed by atoms with Crippen LogP contribution in [-0.2, 0) is 11.3 Å². The van der Waals surface area contributed by atoms with E-state index in [1.54, 1.807) is 35.8 Å². The molecule has 0 aliphatic heterocycles. The minimum absolute atomic E-state index is 0.0702. The molecular weight excluding hydrogens is 606 g/mol. The zero-order valence-electron chi connectivity index (χ0n) is 19.5. The number of carbonyl (C=O) groups excluding carboxylic acids is 1. The van der Waals surface area contributed by atoms with Gasteiger partial charge in [-0.05, 0) is 40.2 Å². The molecule has 0 bridgehead atoms. The van der Waals surface area contributed by atoms with Crippen molar-refractivity contribution in [2.45, 2.75) is 13.0 Å². The van der Waals surface area contributed by atoms with Gasteiger partial charge in [-0.25, -0.2) is 18.6 Å². The highest BCUT2D eigenvalue weighted by Crippen LogP contribution is 2.39. The maximum atomic E-state index is 13.8. The van der Waals surface area contributed by atoms with Crippen molar-refractivity contribution in [2.24, 2.45) is 0 Å². The van der Waals surface area contributed by atoms with Crippen LogP contribution in [0.1, 0.15) is 22.6 Å². The Labute approximate surface area is 231 Å². The van der Waals surface area contributed by atoms with Crippen molar-refractivity contribution in [1.82, 2.24) is 19.5 Å². The number of aromatic nitrogens is 4. The number of benzene rings is 1. The van der Waals surface area contributed by atoms with Crippen LogP contribution in [0.2, 0.25) is 5.02 Å². The highest BCUT2D eigenvalue weighted by molar-refractivity contribution is 9.10. The quantitative estimate of drug-likeness (QED) is 0.197. The summed E-state index contributed by atoms with van der Waals surface area (Å²) < 4.78 is 40.4. The van der Waals surface area contributed by atoms with Gasteiger partial charge >= 0.3 is 5.97 Å². The number of halogens is 4. The third kappa shape index (κ3) is 4.74. The van der Waals surface area contributed by atoms with Crippen LogP contribution < -0.4 is 10.3 Å². The van der Waals surface area contributed by atoms with E-state index in [9.17, 15) is 18.4 Å². The van der Waals surface area contributed by atoms with Gasteiger partial charge in [0.2, 0.25) is 0 Å². The van der Waals surface area contributed by atoms with Gasteiger partial charge in [-0.2, -0.15) is 0 Å². The van der Waals surface area contributed by atoms with Crippen LogP contribution in [0.15, 0.2) is 57.5 Å². The molecule has 0 radical (unpaired) electrons. The zero-order chi connectivity index (χ0) is 27.0. The van der Waals surface area contributed by atoms with Crippen LogP contribution in [0.25, 0.3) is 32.2 Å². The fraction of sp³-hybridized carbons (Fsp3) is 0.160. The number of ether oxygens (including phenoxy) is 2. The number of pyridine rings is 2. The SMILES string of the molecule is COC(=O)c1csc2c(-c3cc(Cl)ccc3OCCn3c(C(F)F)nc4cncc(Br)c4c3=O)ccnc12. The smallest absolute Gasteiger partial charge is 0.340 e. The second kappa shape index (κ2) is 10.7. The van der Waals surface area contributed by atoms with Crippen molar-refractivity contribution in [3.63, 3.8) is 0 Å². The van der Waals surface area contributed by atoms with Crippen LogP contribution in [0.3, 0.4) is 0 Å². The third-order valence-electron chi connectivity index (χ3n) is 5.71. The van der Waals surface area contributed by atoms with E-state index < -0.39 is 23.8 Å². The van der Waals surface area contributed by atoms with Gasteiger partial charge in [0.15, 0.2) is 5.82 Å². The van der Waals surface area contributed by atoms with E-state index in [1.165, 1.54) is 30.8 Å². The van der Waals surface area contributed by atoms with E-state index in [2.05, 4.69) is 30.9 Å². The lowest BCUT2D eigenvalue weighted by Crippen LogP contribution is -2.28. The second-order valence-electron chi connectivity index (χ2n) is 7.91. The van der Waals surface area contributed by atoms with Crippen molar-refractivity contribution < 1.29 is 23.0 Å². The summed E-state index contributed by atoms with van der Waals surface area (Å²) in [6, 6.07) is 6.74. The number of esters is 1. The van der Waals surface area contributed by atoms with Gasteiger partial charge in [-0.15, -0.1) is 11.3 Å². The molecular formula is C25H16BrClF2N4O4S. The van der Waals surface area contributed by atoms with Crippen molar-refractivity contribution in [3.8, 4) is 16.9 Å². The molecule has 194 valence electrons. The summed E-state index contributed by atoms with van der Waals surface area (Å²) in [5.74, 6) is -0.775. The maximum absolute atomic E-state index is 13.8. The van der Waals surface area contributed by atoms with Crippen LogP contribution in [0.5, 0.6) is 5.75 Å². The fourth-order valence-corrected chi connectivity index (χ4v) is 5.70. The Bertz CT molecular complexity index is 1760. The molecule has 0 aliphatic carbocycles. The van der Waals surface area contributed by atoms with E-state index in [1.807, 2.05) is 0 Å². The molecule has 0 saturated carbocycles. The average molecular weight is 622 g/mol. The average Bonchev–Trinajstić information content (AvgIpc) is 3.34. The molecule has 38 heavy (non-hydrogen) atoms. The molecule has 0 unspecified atom stereocenters. The van der Waals surface area contributed by atoms with Gasteiger partial charge in [-0.1, -0.05) is 11.6 Å². The lowest BCUT2D eigenvalue weighted by molar-refractivity contribution is 0.0603. The zero-order valence-corrected chi connectivity index (χ0v) is 22.6. The van der Waals surface area contributed by atoms with Crippen molar-refractivity contribution in [3.05, 3.63) is 79.5 Å². The van der Waals surface area contributed by atoms with Gasteiger partial charge in [0.1, 0.15) is 12.4 Å². The number of methoxy groups -OCH3 is 1. The topological polar surface area (TPSA) is 96.2 Å². The Morgan fingerprint density at radius 3 is 2.82 bits per heavy atom. The minimum Gasteiger partial charge on any atom is -0.491 e. The molecule has 0 fully saturated rings. The van der Waals surface area contributed by atoms with Gasteiger partial charge in [0.05, 0.1) is 51.0 Å². The van der Waals surface area contributed by atoms with E-state index in [4.69, 9.17) is 21.1 Å². The summed E-state index contributed by atoms with van der Waals surface area (Å²) in [6.45, 7) is -0.300. The first kappa shape index (κ1) is 26.1. The third-order valence-corrected chi connectivity index (χ3v) is 7.55. The first-order valence-electron chi connectivity index (χ1n) is 11.0. The van der Waals surface area contributed by atoms with E-state index in [-0.39, 0.29) is 24.1 Å². The number of carbonyl (C=O) groups is 1. The molecule has 1 aromatic carbocycles. The van der Waals surface area contributed by atoms with Crippen LogP contribution >= 0.6 is 38.9 Å². The summed E-state index contributed by atoms with van der Waals surface area (Å²) in [5, 5.41) is 2.25. The van der Waals surface area contributed by atoms with Crippen molar-refractivity contribution >= 4 is 66.0 Å². The highest BCUT2D eigenvalue weighted by atomic mass is 79.9. The summed E-state index contributed by atoms with van der Waals surface area (Å²) in [5.41, 5.74) is 1.56. The second-order valence-corrected chi connectivity index (χ2v) is 10.1. The minimum atomic E-state index is -2.98. The molecule has 4 heterocycles. The van der Waals surface area contributed by atoms with Gasteiger partial charge in [0.25, 0.3) is 12.0 Å². The predicted octanol–water partition coefficient (Wildman–Crippen LogP) is 6.29. The van der Waals surface area contributed by atoms with Crippen molar-refractivity contribution in [1.29, 1.82) is 0 Å². The van der Waals surface area contributed by atoms with E-state index in [0.717, 1.165) is 4.57 Å². The number of hydrogen-bond donors (Lipinski definition) is 0. The number of rotatable bonds is 7. The highest BCUT2D eigenvalue weighted by Gasteiger charge is 2.21. The van der Waals surface area contributed by atoms with Gasteiger partial charge in [0, 0.05) is 33.9 Å². The van der Waals surface area contributed by atoms with E-state index >= 15 is 0 Å². The number of nitrogens with zero attached hydrogens (tertiary/aromatic N) is 4. The lowest BCUT2D eigenvalue weighted by Gasteiger charge is -2.16. The predicted molar refractivity (Wildman–Crippen MR) is 143 cm³/mol. The molecule has 8 nitrogen and oxygen atoms in total. The Kier molecular flexibility index (Phi) is 7.37. The molecule has 4 aromatic heterocycles. The molecule has 5 rings (SSSR count). The molecule has 0 aliphatic rings. The Balaban J connectivity index is 1.50. The first-order chi connectivity index (χ1) is 18.3. The van der Waals surface area contributed by atoms with E-state index in [0.29, 0.717) is 42.2 Å². The van der Waals surface area contributed by atoms with Gasteiger partial charge < -0.3 is 9.47 Å². The molecule has 13 heteroatoms. The molecule has 5 aromatic rings. The molecule has 0 spiro atoms. The van der Waals surface area contributed by atoms with Gasteiger partial charge in [-0.3, -0.25) is 19.3 Å².